The van der Waals surface area contributed by atoms with Crippen molar-refractivity contribution < 1.29 is 8.78 Å². The second-order valence-corrected chi connectivity index (χ2v) is 4.61. The van der Waals surface area contributed by atoms with E-state index in [0.29, 0.717) is 25.1 Å². The van der Waals surface area contributed by atoms with E-state index in [1.165, 1.54) is 12.1 Å². The summed E-state index contributed by atoms with van der Waals surface area (Å²) in [4.78, 5) is 0. The summed E-state index contributed by atoms with van der Waals surface area (Å²) in [6.07, 6.45) is 0.589. The zero-order chi connectivity index (χ0) is 13.8. The molecule has 5 heteroatoms. The van der Waals surface area contributed by atoms with E-state index in [2.05, 4.69) is 10.4 Å². The van der Waals surface area contributed by atoms with E-state index in [4.69, 9.17) is 0 Å². The van der Waals surface area contributed by atoms with Crippen molar-refractivity contribution in [1.29, 1.82) is 0 Å². The van der Waals surface area contributed by atoms with Gasteiger partial charge in [0.05, 0.1) is 11.4 Å². The van der Waals surface area contributed by atoms with Crippen LogP contribution >= 0.6 is 0 Å². The molecule has 0 unspecified atom stereocenters. The van der Waals surface area contributed by atoms with E-state index in [9.17, 15) is 8.78 Å². The zero-order valence-electron chi connectivity index (χ0n) is 11.1. The van der Waals surface area contributed by atoms with Crippen LogP contribution in [0.5, 0.6) is 0 Å². The summed E-state index contributed by atoms with van der Waals surface area (Å²) in [5, 5.41) is 7.49. The first kappa shape index (κ1) is 13.7. The van der Waals surface area contributed by atoms with Crippen molar-refractivity contribution in [3.05, 3.63) is 52.9 Å². The summed E-state index contributed by atoms with van der Waals surface area (Å²) in [5.41, 5.74) is 2.72. The first-order valence-corrected chi connectivity index (χ1v) is 6.20. The van der Waals surface area contributed by atoms with Gasteiger partial charge in [0.1, 0.15) is 11.6 Å². The second kappa shape index (κ2) is 5.93. The molecule has 1 heterocycles. The number of hydrogen-bond acceptors (Lipinski definition) is 2. The largest absolute Gasteiger partial charge is 0.311 e. The molecule has 2 rings (SSSR count). The number of halogens is 2. The molecule has 1 aromatic heterocycles. The molecule has 102 valence electrons. The molecule has 1 aromatic carbocycles. The highest BCUT2D eigenvalue weighted by atomic mass is 19.1. The highest BCUT2D eigenvalue weighted by Gasteiger charge is 2.03. The maximum Gasteiger partial charge on any atom is 0.126 e. The number of rotatable bonds is 5. The fourth-order valence-electron chi connectivity index (χ4n) is 2.03. The van der Waals surface area contributed by atoms with Gasteiger partial charge in [-0.2, -0.15) is 5.10 Å². The van der Waals surface area contributed by atoms with Crippen molar-refractivity contribution in [1.82, 2.24) is 15.1 Å². The minimum Gasteiger partial charge on any atom is -0.311 e. The highest BCUT2D eigenvalue weighted by molar-refractivity contribution is 5.18. The standard InChI is InChI=1S/C14H17F2N3/c1-10-5-14(19(2)18-10)9-17-4-3-11-6-12(15)8-13(16)7-11/h5-8,17H,3-4,9H2,1-2H3. The minimum atomic E-state index is -0.530. The Bertz CT molecular complexity index is 544. The molecule has 0 fully saturated rings. The lowest BCUT2D eigenvalue weighted by Gasteiger charge is -2.05. The van der Waals surface area contributed by atoms with Crippen LogP contribution in [-0.4, -0.2) is 16.3 Å². The van der Waals surface area contributed by atoms with Gasteiger partial charge in [0.2, 0.25) is 0 Å². The molecule has 0 saturated carbocycles. The van der Waals surface area contributed by atoms with Crippen LogP contribution in [0.15, 0.2) is 24.3 Å². The molecule has 2 aromatic rings. The number of nitrogens with zero attached hydrogens (tertiary/aromatic N) is 2. The molecule has 19 heavy (non-hydrogen) atoms. The Kier molecular flexibility index (Phi) is 4.27. The smallest absolute Gasteiger partial charge is 0.126 e. The molecule has 0 atom stereocenters. The molecule has 0 aliphatic rings. The van der Waals surface area contributed by atoms with Gasteiger partial charge in [0.15, 0.2) is 0 Å². The van der Waals surface area contributed by atoms with Gasteiger partial charge in [-0.15, -0.1) is 0 Å². The third-order valence-electron chi connectivity index (χ3n) is 2.92. The van der Waals surface area contributed by atoms with Gasteiger partial charge in [-0.1, -0.05) is 0 Å². The molecule has 0 aliphatic carbocycles. The molecule has 3 nitrogen and oxygen atoms in total. The van der Waals surface area contributed by atoms with Gasteiger partial charge >= 0.3 is 0 Å². The number of nitrogens with one attached hydrogen (secondary N) is 1. The van der Waals surface area contributed by atoms with Gasteiger partial charge in [-0.05, 0) is 43.7 Å². The van der Waals surface area contributed by atoms with Gasteiger partial charge in [-0.25, -0.2) is 8.78 Å². The molecule has 0 radical (unpaired) electrons. The second-order valence-electron chi connectivity index (χ2n) is 4.61. The van der Waals surface area contributed by atoms with E-state index in [-0.39, 0.29) is 0 Å². The summed E-state index contributed by atoms with van der Waals surface area (Å²) >= 11 is 0. The first-order chi connectivity index (χ1) is 9.04. The maximum absolute atomic E-state index is 13.0. The monoisotopic (exact) mass is 265 g/mol. The van der Waals surface area contributed by atoms with Crippen molar-refractivity contribution in [2.45, 2.75) is 19.9 Å². The summed E-state index contributed by atoms with van der Waals surface area (Å²) in [7, 11) is 1.89. The maximum atomic E-state index is 13.0. The Morgan fingerprint density at radius 3 is 2.42 bits per heavy atom. The molecular weight excluding hydrogens is 248 g/mol. The normalized spacial score (nSPS) is 10.9. The zero-order valence-corrected chi connectivity index (χ0v) is 11.1. The van der Waals surface area contributed by atoms with Crippen molar-refractivity contribution in [2.75, 3.05) is 6.54 Å². The first-order valence-electron chi connectivity index (χ1n) is 6.20. The third kappa shape index (κ3) is 3.86. The van der Waals surface area contributed by atoms with Crippen LogP contribution in [0.4, 0.5) is 8.78 Å². The average molecular weight is 265 g/mol. The lowest BCUT2D eigenvalue weighted by atomic mass is 10.1. The number of aromatic nitrogens is 2. The Balaban J connectivity index is 1.82. The van der Waals surface area contributed by atoms with Gasteiger partial charge in [0, 0.05) is 19.7 Å². The summed E-state index contributed by atoms with van der Waals surface area (Å²) < 4.78 is 27.8. The highest BCUT2D eigenvalue weighted by Crippen LogP contribution is 2.08. The quantitative estimate of drug-likeness (QED) is 0.841. The minimum absolute atomic E-state index is 0.530. The van der Waals surface area contributed by atoms with Crippen molar-refractivity contribution in [2.24, 2.45) is 7.05 Å². The Morgan fingerprint density at radius 2 is 1.84 bits per heavy atom. The number of hydrogen-bond donors (Lipinski definition) is 1. The molecule has 0 spiro atoms. The molecule has 0 bridgehead atoms. The molecule has 1 N–H and O–H groups in total. The van der Waals surface area contributed by atoms with E-state index in [1.807, 2.05) is 24.7 Å². The molecule has 0 aliphatic heterocycles. The van der Waals surface area contributed by atoms with Crippen LogP contribution in [0.1, 0.15) is 17.0 Å². The van der Waals surface area contributed by atoms with E-state index in [0.717, 1.165) is 17.5 Å². The predicted octanol–water partition coefficient (Wildman–Crippen LogP) is 2.34. The van der Waals surface area contributed by atoms with Crippen LogP contribution in [0.2, 0.25) is 0 Å². The van der Waals surface area contributed by atoms with Gasteiger partial charge in [-0.3, -0.25) is 4.68 Å². The topological polar surface area (TPSA) is 29.9 Å². The van der Waals surface area contributed by atoms with Crippen LogP contribution in [0.3, 0.4) is 0 Å². The van der Waals surface area contributed by atoms with Gasteiger partial charge in [0.25, 0.3) is 0 Å². The summed E-state index contributed by atoms with van der Waals surface area (Å²) in [6, 6.07) is 5.61. The average Bonchev–Trinajstić information content (AvgIpc) is 2.62. The van der Waals surface area contributed by atoms with E-state index in [1.54, 1.807) is 0 Å². The van der Waals surface area contributed by atoms with Crippen LogP contribution in [0, 0.1) is 18.6 Å². The van der Waals surface area contributed by atoms with E-state index >= 15 is 0 Å². The van der Waals surface area contributed by atoms with E-state index < -0.39 is 11.6 Å². The number of benzene rings is 1. The lowest BCUT2D eigenvalue weighted by molar-refractivity contribution is 0.576. The van der Waals surface area contributed by atoms with Crippen LogP contribution in [-0.2, 0) is 20.0 Å². The van der Waals surface area contributed by atoms with Crippen molar-refractivity contribution >= 4 is 0 Å². The molecule has 0 saturated heterocycles. The summed E-state index contributed by atoms with van der Waals surface area (Å²) in [5.74, 6) is -1.06. The van der Waals surface area contributed by atoms with Crippen molar-refractivity contribution in [3.8, 4) is 0 Å². The lowest BCUT2D eigenvalue weighted by Crippen LogP contribution is -2.18. The fourth-order valence-corrected chi connectivity index (χ4v) is 2.03. The van der Waals surface area contributed by atoms with Crippen LogP contribution < -0.4 is 5.32 Å². The van der Waals surface area contributed by atoms with Crippen LogP contribution in [0.25, 0.3) is 0 Å². The Labute approximate surface area is 111 Å². The fraction of sp³-hybridized carbons (Fsp3) is 0.357. The molecule has 0 amide bonds. The number of aryl methyl sites for hydroxylation is 2. The SMILES string of the molecule is Cc1cc(CNCCc2cc(F)cc(F)c2)n(C)n1. The predicted molar refractivity (Wildman–Crippen MR) is 69.7 cm³/mol. The third-order valence-corrected chi connectivity index (χ3v) is 2.92. The summed E-state index contributed by atoms with van der Waals surface area (Å²) in [6.45, 7) is 3.29. The Morgan fingerprint density at radius 1 is 1.16 bits per heavy atom. The Hall–Kier alpha value is -1.75. The van der Waals surface area contributed by atoms with Gasteiger partial charge < -0.3 is 5.32 Å². The van der Waals surface area contributed by atoms with Crippen molar-refractivity contribution in [3.63, 3.8) is 0 Å². The molecular formula is C14H17F2N3.